The lowest BCUT2D eigenvalue weighted by Gasteiger charge is -2.31. The Labute approximate surface area is 142 Å². The third kappa shape index (κ3) is 5.29. The van der Waals surface area contributed by atoms with Crippen molar-refractivity contribution in [2.24, 2.45) is 5.92 Å². The summed E-state index contributed by atoms with van der Waals surface area (Å²) < 4.78 is 18.8. The minimum Gasteiger partial charge on any atom is -0.385 e. The lowest BCUT2D eigenvalue weighted by Crippen LogP contribution is -2.40. The van der Waals surface area contributed by atoms with Crippen molar-refractivity contribution in [1.82, 2.24) is 10.2 Å². The average molecular weight is 333 g/mol. The molecule has 0 spiro atoms. The van der Waals surface area contributed by atoms with Gasteiger partial charge in [0.15, 0.2) is 0 Å². The van der Waals surface area contributed by atoms with Crippen molar-refractivity contribution in [2.45, 2.75) is 25.8 Å². The zero-order valence-corrected chi connectivity index (χ0v) is 14.1. The normalized spacial score (nSPS) is 15.9. The molecular weight excluding hydrogens is 309 g/mol. The first-order chi connectivity index (χ1) is 11.6. The molecule has 0 radical (unpaired) electrons. The maximum Gasteiger partial charge on any atom is 0.223 e. The highest BCUT2D eigenvalue weighted by molar-refractivity contribution is 5.78. The fourth-order valence-corrected chi connectivity index (χ4v) is 2.93. The molecule has 1 N–H and O–H groups in total. The second-order valence-electron chi connectivity index (χ2n) is 6.11. The van der Waals surface area contributed by atoms with E-state index in [9.17, 15) is 9.18 Å². The zero-order valence-electron chi connectivity index (χ0n) is 14.1. The fraction of sp³-hybridized carbons (Fsp3) is 0.556. The molecule has 0 atom stereocenters. The first kappa shape index (κ1) is 18.4. The maximum atomic E-state index is 13.9. The van der Waals surface area contributed by atoms with Crippen LogP contribution < -0.4 is 5.32 Å². The van der Waals surface area contributed by atoms with Crippen LogP contribution in [-0.4, -0.2) is 44.2 Å². The summed E-state index contributed by atoms with van der Waals surface area (Å²) in [6.45, 7) is 3.27. The monoisotopic (exact) mass is 333 g/mol. The molecule has 0 aliphatic carbocycles. The standard InChI is InChI=1S/C18H24FN3O2/c1-24-10-2-7-21-18(23)15-5-8-22(9-6-15)13-16-11-14(12-20)3-4-17(16)19/h3-4,11,15H,2,5-10,13H2,1H3,(H,21,23). The summed E-state index contributed by atoms with van der Waals surface area (Å²) in [5.41, 5.74) is 1.01. The number of hydrogen-bond acceptors (Lipinski definition) is 4. The van der Waals surface area contributed by atoms with E-state index in [0.717, 1.165) is 32.4 Å². The number of halogens is 1. The van der Waals surface area contributed by atoms with Crippen molar-refractivity contribution in [3.05, 3.63) is 35.1 Å². The van der Waals surface area contributed by atoms with Gasteiger partial charge in [0.05, 0.1) is 11.6 Å². The van der Waals surface area contributed by atoms with E-state index in [1.807, 2.05) is 6.07 Å². The summed E-state index contributed by atoms with van der Waals surface area (Å²) in [6.07, 6.45) is 2.36. The lowest BCUT2D eigenvalue weighted by molar-refractivity contribution is -0.126. The summed E-state index contributed by atoms with van der Waals surface area (Å²) >= 11 is 0. The van der Waals surface area contributed by atoms with Crippen LogP contribution in [0.5, 0.6) is 0 Å². The van der Waals surface area contributed by atoms with Gasteiger partial charge < -0.3 is 10.1 Å². The number of nitrogens with zero attached hydrogens (tertiary/aromatic N) is 2. The molecule has 0 saturated carbocycles. The average Bonchev–Trinajstić information content (AvgIpc) is 2.61. The van der Waals surface area contributed by atoms with Crippen molar-refractivity contribution in [1.29, 1.82) is 5.26 Å². The fourth-order valence-electron chi connectivity index (χ4n) is 2.93. The number of benzene rings is 1. The topological polar surface area (TPSA) is 65.4 Å². The Bertz CT molecular complexity index is 592. The maximum absolute atomic E-state index is 13.9. The van der Waals surface area contributed by atoms with E-state index >= 15 is 0 Å². The van der Waals surface area contributed by atoms with Crippen LogP contribution in [0.2, 0.25) is 0 Å². The number of amides is 1. The third-order valence-corrected chi connectivity index (χ3v) is 4.35. The van der Waals surface area contributed by atoms with Crippen molar-refractivity contribution in [3.8, 4) is 6.07 Å². The SMILES string of the molecule is COCCCNC(=O)C1CCN(Cc2cc(C#N)ccc2F)CC1. The summed E-state index contributed by atoms with van der Waals surface area (Å²) in [4.78, 5) is 14.2. The second kappa shape index (κ2) is 9.36. The predicted octanol–water partition coefficient (Wildman–Crippen LogP) is 2.06. The van der Waals surface area contributed by atoms with Gasteiger partial charge in [0, 0.05) is 38.3 Å². The van der Waals surface area contributed by atoms with E-state index in [4.69, 9.17) is 10.00 Å². The van der Waals surface area contributed by atoms with Crippen LogP contribution in [0.1, 0.15) is 30.4 Å². The Balaban J connectivity index is 1.79. The van der Waals surface area contributed by atoms with E-state index in [2.05, 4.69) is 10.2 Å². The van der Waals surface area contributed by atoms with Crippen molar-refractivity contribution in [2.75, 3.05) is 33.4 Å². The molecule has 0 aromatic heterocycles. The highest BCUT2D eigenvalue weighted by Crippen LogP contribution is 2.20. The van der Waals surface area contributed by atoms with Crippen LogP contribution in [0.15, 0.2) is 18.2 Å². The first-order valence-corrected chi connectivity index (χ1v) is 8.31. The number of rotatable bonds is 7. The van der Waals surface area contributed by atoms with Gasteiger partial charge >= 0.3 is 0 Å². The van der Waals surface area contributed by atoms with Gasteiger partial charge in [0.2, 0.25) is 5.91 Å². The number of hydrogen-bond donors (Lipinski definition) is 1. The highest BCUT2D eigenvalue weighted by atomic mass is 19.1. The summed E-state index contributed by atoms with van der Waals surface area (Å²) in [5.74, 6) is -0.158. The molecule has 0 unspecified atom stereocenters. The van der Waals surface area contributed by atoms with E-state index in [-0.39, 0.29) is 17.6 Å². The van der Waals surface area contributed by atoms with Crippen LogP contribution in [0, 0.1) is 23.1 Å². The molecule has 130 valence electrons. The van der Waals surface area contributed by atoms with Crippen LogP contribution in [0.25, 0.3) is 0 Å². The smallest absolute Gasteiger partial charge is 0.223 e. The van der Waals surface area contributed by atoms with Gasteiger partial charge in [-0.25, -0.2) is 4.39 Å². The Morgan fingerprint density at radius 3 is 2.88 bits per heavy atom. The number of carbonyl (C=O) groups excluding carboxylic acids is 1. The number of nitriles is 1. The Morgan fingerprint density at radius 1 is 1.46 bits per heavy atom. The van der Waals surface area contributed by atoms with E-state index in [1.54, 1.807) is 13.2 Å². The molecule has 1 heterocycles. The van der Waals surface area contributed by atoms with Crippen LogP contribution in [0.4, 0.5) is 4.39 Å². The van der Waals surface area contributed by atoms with Gasteiger partial charge in [-0.15, -0.1) is 0 Å². The van der Waals surface area contributed by atoms with Gasteiger partial charge in [-0.3, -0.25) is 9.69 Å². The second-order valence-corrected chi connectivity index (χ2v) is 6.11. The Hall–Kier alpha value is -1.97. The molecule has 2 rings (SSSR count). The molecule has 1 aliphatic heterocycles. The molecule has 1 aromatic rings. The summed E-state index contributed by atoms with van der Waals surface area (Å²) in [5, 5.41) is 11.9. The molecule has 0 bridgehead atoms. The summed E-state index contributed by atoms with van der Waals surface area (Å²) in [7, 11) is 1.65. The predicted molar refractivity (Wildman–Crippen MR) is 88.6 cm³/mol. The minimum absolute atomic E-state index is 0.0269. The Kier molecular flexibility index (Phi) is 7.16. The minimum atomic E-state index is -0.285. The van der Waals surface area contributed by atoms with Gasteiger partial charge in [-0.05, 0) is 50.6 Å². The third-order valence-electron chi connectivity index (χ3n) is 4.35. The summed E-state index contributed by atoms with van der Waals surface area (Å²) in [6, 6.07) is 6.46. The van der Waals surface area contributed by atoms with Crippen LogP contribution in [0.3, 0.4) is 0 Å². The molecule has 1 saturated heterocycles. The molecule has 1 aromatic carbocycles. The van der Waals surface area contributed by atoms with Crippen molar-refractivity contribution in [3.63, 3.8) is 0 Å². The van der Waals surface area contributed by atoms with Crippen molar-refractivity contribution < 1.29 is 13.9 Å². The van der Waals surface area contributed by atoms with Gasteiger partial charge in [-0.2, -0.15) is 5.26 Å². The number of piperidine rings is 1. The van der Waals surface area contributed by atoms with Crippen molar-refractivity contribution >= 4 is 5.91 Å². The molecule has 1 amide bonds. The zero-order chi connectivity index (χ0) is 17.4. The number of ether oxygens (including phenoxy) is 1. The molecule has 1 aliphatic rings. The number of carbonyl (C=O) groups is 1. The van der Waals surface area contributed by atoms with E-state index < -0.39 is 0 Å². The van der Waals surface area contributed by atoms with Gasteiger partial charge in [0.25, 0.3) is 0 Å². The highest BCUT2D eigenvalue weighted by Gasteiger charge is 2.25. The lowest BCUT2D eigenvalue weighted by atomic mass is 9.95. The van der Waals surface area contributed by atoms with Gasteiger partial charge in [0.1, 0.15) is 5.82 Å². The molecule has 24 heavy (non-hydrogen) atoms. The van der Waals surface area contributed by atoms with E-state index in [1.165, 1.54) is 12.1 Å². The van der Waals surface area contributed by atoms with Gasteiger partial charge in [-0.1, -0.05) is 0 Å². The Morgan fingerprint density at radius 2 is 2.21 bits per heavy atom. The number of likely N-dealkylation sites (tertiary alicyclic amines) is 1. The van der Waals surface area contributed by atoms with E-state index in [0.29, 0.717) is 30.8 Å². The quantitative estimate of drug-likeness (QED) is 0.776. The first-order valence-electron chi connectivity index (χ1n) is 8.31. The van der Waals surface area contributed by atoms with Crippen LogP contribution >= 0.6 is 0 Å². The molecular formula is C18H24FN3O2. The molecule has 5 nitrogen and oxygen atoms in total. The number of methoxy groups -OCH3 is 1. The number of nitrogens with one attached hydrogen (secondary N) is 1. The largest absolute Gasteiger partial charge is 0.385 e. The molecule has 6 heteroatoms. The van der Waals surface area contributed by atoms with Crippen LogP contribution in [-0.2, 0) is 16.1 Å². The molecule has 1 fully saturated rings.